The van der Waals surface area contributed by atoms with Crippen LogP contribution in [-0.4, -0.2) is 17.0 Å². The van der Waals surface area contributed by atoms with Crippen LogP contribution in [-0.2, 0) is 0 Å². The number of halogens is 1. The molecule has 2 aromatic rings. The highest BCUT2D eigenvalue weighted by Gasteiger charge is 2.11. The SMILES string of the molecule is Cc1cccc(Cl)c1NC(=O)c1ccc(C(=O)O)cc1. The lowest BCUT2D eigenvalue weighted by Crippen LogP contribution is -2.13. The van der Waals surface area contributed by atoms with Crippen molar-refractivity contribution < 1.29 is 14.7 Å². The van der Waals surface area contributed by atoms with Crippen LogP contribution in [0.4, 0.5) is 5.69 Å². The number of carboxylic acids is 1. The van der Waals surface area contributed by atoms with Crippen LogP contribution in [0.3, 0.4) is 0 Å². The summed E-state index contributed by atoms with van der Waals surface area (Å²) in [5.41, 5.74) is 1.92. The van der Waals surface area contributed by atoms with Gasteiger partial charge in [-0.3, -0.25) is 4.79 Å². The highest BCUT2D eigenvalue weighted by atomic mass is 35.5. The Labute approximate surface area is 121 Å². The van der Waals surface area contributed by atoms with Crippen LogP contribution in [0.15, 0.2) is 42.5 Å². The molecule has 20 heavy (non-hydrogen) atoms. The molecule has 0 atom stereocenters. The normalized spacial score (nSPS) is 10.1. The predicted octanol–water partition coefficient (Wildman–Crippen LogP) is 3.60. The summed E-state index contributed by atoms with van der Waals surface area (Å²) in [5, 5.41) is 12.0. The first-order valence-electron chi connectivity index (χ1n) is 5.89. The molecule has 2 rings (SSSR count). The fourth-order valence-electron chi connectivity index (χ4n) is 1.74. The van der Waals surface area contributed by atoms with Crippen LogP contribution in [0.1, 0.15) is 26.3 Å². The second kappa shape index (κ2) is 5.75. The van der Waals surface area contributed by atoms with Gasteiger partial charge in [-0.25, -0.2) is 4.79 Å². The Morgan fingerprint density at radius 1 is 1.05 bits per heavy atom. The Bertz CT molecular complexity index is 645. The molecule has 5 heteroatoms. The molecule has 0 fully saturated rings. The maximum absolute atomic E-state index is 12.1. The third-order valence-corrected chi connectivity index (χ3v) is 3.17. The molecule has 0 aliphatic carbocycles. The van der Waals surface area contributed by atoms with Gasteiger partial charge in [0, 0.05) is 5.56 Å². The molecule has 0 aromatic heterocycles. The zero-order valence-corrected chi connectivity index (χ0v) is 11.4. The van der Waals surface area contributed by atoms with Gasteiger partial charge in [0.15, 0.2) is 0 Å². The number of anilines is 1. The zero-order valence-electron chi connectivity index (χ0n) is 10.7. The number of para-hydroxylation sites is 1. The van der Waals surface area contributed by atoms with Crippen LogP contribution < -0.4 is 5.32 Å². The van der Waals surface area contributed by atoms with E-state index in [1.54, 1.807) is 12.1 Å². The van der Waals surface area contributed by atoms with Crippen LogP contribution in [0, 0.1) is 6.92 Å². The smallest absolute Gasteiger partial charge is 0.335 e. The fraction of sp³-hybridized carbons (Fsp3) is 0.0667. The van der Waals surface area contributed by atoms with Crippen molar-refractivity contribution in [1.82, 2.24) is 0 Å². The van der Waals surface area contributed by atoms with E-state index in [1.165, 1.54) is 24.3 Å². The maximum atomic E-state index is 12.1. The van der Waals surface area contributed by atoms with E-state index in [1.807, 2.05) is 13.0 Å². The minimum atomic E-state index is -1.03. The van der Waals surface area contributed by atoms with E-state index < -0.39 is 5.97 Å². The number of amides is 1. The minimum absolute atomic E-state index is 0.135. The third-order valence-electron chi connectivity index (χ3n) is 2.85. The summed E-state index contributed by atoms with van der Waals surface area (Å²) in [6, 6.07) is 11.0. The van der Waals surface area contributed by atoms with Crippen molar-refractivity contribution in [2.24, 2.45) is 0 Å². The van der Waals surface area contributed by atoms with Gasteiger partial charge < -0.3 is 10.4 Å². The van der Waals surface area contributed by atoms with Crippen molar-refractivity contribution >= 4 is 29.2 Å². The van der Waals surface area contributed by atoms with Gasteiger partial charge >= 0.3 is 5.97 Å². The highest BCUT2D eigenvalue weighted by molar-refractivity contribution is 6.34. The number of carbonyl (C=O) groups excluding carboxylic acids is 1. The van der Waals surface area contributed by atoms with Crippen molar-refractivity contribution in [3.8, 4) is 0 Å². The second-order valence-electron chi connectivity index (χ2n) is 4.27. The van der Waals surface area contributed by atoms with E-state index in [0.717, 1.165) is 5.56 Å². The molecule has 2 N–H and O–H groups in total. The molecule has 0 saturated carbocycles. The van der Waals surface area contributed by atoms with Crippen molar-refractivity contribution in [1.29, 1.82) is 0 Å². The van der Waals surface area contributed by atoms with Gasteiger partial charge in [-0.2, -0.15) is 0 Å². The Hall–Kier alpha value is -2.33. The van der Waals surface area contributed by atoms with Crippen LogP contribution in [0.25, 0.3) is 0 Å². The van der Waals surface area contributed by atoms with Crippen molar-refractivity contribution in [3.05, 3.63) is 64.2 Å². The van der Waals surface area contributed by atoms with Gasteiger partial charge in [0.05, 0.1) is 16.3 Å². The summed E-state index contributed by atoms with van der Waals surface area (Å²) in [7, 11) is 0. The average molecular weight is 290 g/mol. The standard InChI is InChI=1S/C15H12ClNO3/c1-9-3-2-4-12(16)13(9)17-14(18)10-5-7-11(8-6-10)15(19)20/h2-8H,1H3,(H,17,18)(H,19,20). The third kappa shape index (κ3) is 2.97. The van der Waals surface area contributed by atoms with E-state index in [-0.39, 0.29) is 11.5 Å². The van der Waals surface area contributed by atoms with E-state index in [0.29, 0.717) is 16.3 Å². The lowest BCUT2D eigenvalue weighted by Gasteiger charge is -2.10. The molecule has 4 nitrogen and oxygen atoms in total. The van der Waals surface area contributed by atoms with E-state index in [9.17, 15) is 9.59 Å². The summed E-state index contributed by atoms with van der Waals surface area (Å²) < 4.78 is 0. The van der Waals surface area contributed by atoms with E-state index in [2.05, 4.69) is 5.32 Å². The molecule has 0 aliphatic heterocycles. The number of aromatic carboxylic acids is 1. The average Bonchev–Trinajstić information content (AvgIpc) is 2.43. The Morgan fingerprint density at radius 3 is 2.20 bits per heavy atom. The topological polar surface area (TPSA) is 66.4 Å². The van der Waals surface area contributed by atoms with Crippen LogP contribution >= 0.6 is 11.6 Å². The fourth-order valence-corrected chi connectivity index (χ4v) is 2.01. The van der Waals surface area contributed by atoms with E-state index in [4.69, 9.17) is 16.7 Å². The van der Waals surface area contributed by atoms with Crippen molar-refractivity contribution in [2.45, 2.75) is 6.92 Å². The highest BCUT2D eigenvalue weighted by Crippen LogP contribution is 2.25. The number of rotatable bonds is 3. The summed E-state index contributed by atoms with van der Waals surface area (Å²) in [6.45, 7) is 1.84. The Balaban J connectivity index is 2.22. The molecule has 0 saturated heterocycles. The van der Waals surface area contributed by atoms with Gasteiger partial charge in [-0.05, 0) is 42.8 Å². The first-order chi connectivity index (χ1) is 9.49. The molecule has 2 aromatic carbocycles. The van der Waals surface area contributed by atoms with Crippen LogP contribution in [0.2, 0.25) is 5.02 Å². The molecule has 0 radical (unpaired) electrons. The van der Waals surface area contributed by atoms with Crippen LogP contribution in [0.5, 0.6) is 0 Å². The largest absolute Gasteiger partial charge is 0.478 e. The molecule has 0 heterocycles. The zero-order chi connectivity index (χ0) is 14.7. The first kappa shape index (κ1) is 14.1. The molecule has 0 bridgehead atoms. The number of carbonyl (C=O) groups is 2. The summed E-state index contributed by atoms with van der Waals surface area (Å²) >= 11 is 6.04. The number of hydrogen-bond acceptors (Lipinski definition) is 2. The van der Waals surface area contributed by atoms with Gasteiger partial charge in [-0.15, -0.1) is 0 Å². The Morgan fingerprint density at radius 2 is 1.65 bits per heavy atom. The number of carboxylic acid groups (broad SMARTS) is 1. The number of hydrogen-bond donors (Lipinski definition) is 2. The van der Waals surface area contributed by atoms with Gasteiger partial charge in [0.25, 0.3) is 5.91 Å². The van der Waals surface area contributed by atoms with Gasteiger partial charge in [0.1, 0.15) is 0 Å². The molecule has 102 valence electrons. The molecule has 0 unspecified atom stereocenters. The quantitative estimate of drug-likeness (QED) is 0.907. The van der Waals surface area contributed by atoms with E-state index >= 15 is 0 Å². The molecule has 1 amide bonds. The lowest BCUT2D eigenvalue weighted by molar-refractivity contribution is 0.0696. The van der Waals surface area contributed by atoms with Crippen molar-refractivity contribution in [2.75, 3.05) is 5.32 Å². The van der Waals surface area contributed by atoms with Gasteiger partial charge in [0.2, 0.25) is 0 Å². The first-order valence-corrected chi connectivity index (χ1v) is 6.26. The summed E-state index contributed by atoms with van der Waals surface area (Å²) in [6.07, 6.45) is 0. The molecular weight excluding hydrogens is 278 g/mol. The minimum Gasteiger partial charge on any atom is -0.478 e. The number of benzene rings is 2. The van der Waals surface area contributed by atoms with Gasteiger partial charge in [-0.1, -0.05) is 23.7 Å². The monoisotopic (exact) mass is 289 g/mol. The summed E-state index contributed by atoms with van der Waals surface area (Å²) in [4.78, 5) is 22.8. The predicted molar refractivity (Wildman–Crippen MR) is 77.5 cm³/mol. The molecule has 0 spiro atoms. The molecule has 0 aliphatic rings. The van der Waals surface area contributed by atoms with Crippen molar-refractivity contribution in [3.63, 3.8) is 0 Å². The lowest BCUT2D eigenvalue weighted by atomic mass is 10.1. The number of nitrogens with one attached hydrogen (secondary N) is 1. The number of aryl methyl sites for hydroxylation is 1. The molecular formula is C15H12ClNO3. The second-order valence-corrected chi connectivity index (χ2v) is 4.68. The maximum Gasteiger partial charge on any atom is 0.335 e. The summed E-state index contributed by atoms with van der Waals surface area (Å²) in [5.74, 6) is -1.36. The Kier molecular flexibility index (Phi) is 4.05.